The molecular formula is C23H21N3O2S. The van der Waals surface area contributed by atoms with E-state index in [1.54, 1.807) is 13.0 Å². The minimum absolute atomic E-state index is 0.273. The van der Waals surface area contributed by atoms with Crippen molar-refractivity contribution in [2.45, 2.75) is 18.4 Å². The van der Waals surface area contributed by atoms with Crippen molar-refractivity contribution in [3.05, 3.63) is 83.6 Å². The molecule has 5 nitrogen and oxygen atoms in total. The molecule has 0 aliphatic heterocycles. The van der Waals surface area contributed by atoms with Gasteiger partial charge in [-0.2, -0.15) is 5.26 Å². The van der Waals surface area contributed by atoms with Crippen LogP contribution in [0.5, 0.6) is 5.75 Å². The van der Waals surface area contributed by atoms with E-state index in [0.29, 0.717) is 34.1 Å². The van der Waals surface area contributed by atoms with Crippen molar-refractivity contribution >= 4 is 23.4 Å². The number of rotatable bonds is 8. The van der Waals surface area contributed by atoms with Crippen LogP contribution >= 0.6 is 11.8 Å². The molecule has 0 aliphatic rings. The lowest BCUT2D eigenvalue weighted by molar-refractivity contribution is 0.102. The van der Waals surface area contributed by atoms with Gasteiger partial charge in [0.1, 0.15) is 16.8 Å². The Labute approximate surface area is 174 Å². The monoisotopic (exact) mass is 403 g/mol. The van der Waals surface area contributed by atoms with Gasteiger partial charge in [0, 0.05) is 11.4 Å². The highest BCUT2D eigenvalue weighted by Crippen LogP contribution is 2.24. The average molecular weight is 404 g/mol. The minimum Gasteiger partial charge on any atom is -0.494 e. The van der Waals surface area contributed by atoms with E-state index < -0.39 is 0 Å². The van der Waals surface area contributed by atoms with Crippen LogP contribution in [0, 0.1) is 18.3 Å². The molecule has 0 aliphatic carbocycles. The third kappa shape index (κ3) is 5.84. The number of carbonyl (C=O) groups excluding carboxylic acids is 1. The van der Waals surface area contributed by atoms with E-state index in [1.807, 2.05) is 60.7 Å². The summed E-state index contributed by atoms with van der Waals surface area (Å²) in [6.45, 7) is 2.37. The Bertz CT molecular complexity index is 1000. The van der Waals surface area contributed by atoms with Gasteiger partial charge in [0.05, 0.1) is 23.4 Å². The van der Waals surface area contributed by atoms with E-state index in [9.17, 15) is 10.1 Å². The Morgan fingerprint density at radius 3 is 2.52 bits per heavy atom. The third-order valence-electron chi connectivity index (χ3n) is 4.11. The second-order valence-electron chi connectivity index (χ2n) is 6.27. The minimum atomic E-state index is -0.273. The molecule has 0 spiro atoms. The molecule has 29 heavy (non-hydrogen) atoms. The summed E-state index contributed by atoms with van der Waals surface area (Å²) in [5, 5.41) is 13.0. The second kappa shape index (κ2) is 10.3. The zero-order valence-corrected chi connectivity index (χ0v) is 16.9. The number of aromatic nitrogens is 1. The van der Waals surface area contributed by atoms with E-state index in [4.69, 9.17) is 4.74 Å². The van der Waals surface area contributed by atoms with Crippen LogP contribution in [-0.2, 0) is 0 Å². The zero-order valence-electron chi connectivity index (χ0n) is 16.1. The molecule has 3 aromatic rings. The molecule has 0 saturated carbocycles. The molecular weight excluding hydrogens is 382 g/mol. The number of amides is 1. The van der Waals surface area contributed by atoms with E-state index in [2.05, 4.69) is 16.4 Å². The van der Waals surface area contributed by atoms with Gasteiger partial charge >= 0.3 is 0 Å². The Balaban J connectivity index is 1.59. The molecule has 2 aromatic carbocycles. The van der Waals surface area contributed by atoms with E-state index in [1.165, 1.54) is 11.8 Å². The van der Waals surface area contributed by atoms with Crippen LogP contribution in [0.15, 0.2) is 71.8 Å². The maximum Gasteiger partial charge on any atom is 0.257 e. The molecule has 6 heteroatoms. The predicted octanol–water partition coefficient (Wildman–Crippen LogP) is 5.08. The SMILES string of the molecule is Cc1nc(SCCCOc2ccccc2)c(C#N)cc1C(=O)Nc1ccccc1. The van der Waals surface area contributed by atoms with Crippen LogP contribution in [0.1, 0.15) is 28.0 Å². The Morgan fingerprint density at radius 2 is 1.83 bits per heavy atom. The van der Waals surface area contributed by atoms with Gasteiger partial charge in [0.2, 0.25) is 0 Å². The largest absolute Gasteiger partial charge is 0.494 e. The highest BCUT2D eigenvalue weighted by atomic mass is 32.2. The number of para-hydroxylation sites is 2. The molecule has 3 rings (SSSR count). The molecule has 1 aromatic heterocycles. The van der Waals surface area contributed by atoms with Crippen molar-refractivity contribution in [1.82, 2.24) is 4.98 Å². The standard InChI is InChI=1S/C23H21N3O2S/c1-17-21(22(27)26-19-9-4-2-5-10-19)15-18(16-24)23(25-17)29-14-8-13-28-20-11-6-3-7-12-20/h2-7,9-12,15H,8,13-14H2,1H3,(H,26,27). The molecule has 0 bridgehead atoms. The quantitative estimate of drug-likeness (QED) is 0.419. The summed E-state index contributed by atoms with van der Waals surface area (Å²) in [4.78, 5) is 17.1. The molecule has 0 radical (unpaired) electrons. The molecule has 0 fully saturated rings. The number of hydrogen-bond acceptors (Lipinski definition) is 5. The fourth-order valence-corrected chi connectivity index (χ4v) is 3.57. The summed E-state index contributed by atoms with van der Waals surface area (Å²) in [6, 6.07) is 22.6. The number of aryl methyl sites for hydroxylation is 1. The van der Waals surface area contributed by atoms with Crippen LogP contribution in [0.25, 0.3) is 0 Å². The predicted molar refractivity (Wildman–Crippen MR) is 115 cm³/mol. The Morgan fingerprint density at radius 1 is 1.14 bits per heavy atom. The van der Waals surface area contributed by atoms with Crippen molar-refractivity contribution < 1.29 is 9.53 Å². The number of nitriles is 1. The number of nitrogens with one attached hydrogen (secondary N) is 1. The van der Waals surface area contributed by atoms with Crippen LogP contribution in [0.2, 0.25) is 0 Å². The van der Waals surface area contributed by atoms with Crippen molar-refractivity contribution in [3.8, 4) is 11.8 Å². The molecule has 1 N–H and O–H groups in total. The van der Waals surface area contributed by atoms with Crippen LogP contribution in [0.3, 0.4) is 0 Å². The van der Waals surface area contributed by atoms with Crippen molar-refractivity contribution in [3.63, 3.8) is 0 Å². The number of anilines is 1. The highest BCUT2D eigenvalue weighted by molar-refractivity contribution is 7.99. The lowest BCUT2D eigenvalue weighted by atomic mass is 10.1. The van der Waals surface area contributed by atoms with Gasteiger partial charge in [-0.05, 0) is 43.7 Å². The second-order valence-corrected chi connectivity index (χ2v) is 7.35. The summed E-state index contributed by atoms with van der Waals surface area (Å²) >= 11 is 1.50. The number of benzene rings is 2. The molecule has 146 valence electrons. The number of pyridine rings is 1. The average Bonchev–Trinajstić information content (AvgIpc) is 2.75. The summed E-state index contributed by atoms with van der Waals surface area (Å²) in [6.07, 6.45) is 0.821. The van der Waals surface area contributed by atoms with Gasteiger partial charge in [0.15, 0.2) is 0 Å². The van der Waals surface area contributed by atoms with Gasteiger partial charge in [-0.3, -0.25) is 4.79 Å². The lowest BCUT2D eigenvalue weighted by Crippen LogP contribution is -2.15. The first-order chi connectivity index (χ1) is 14.2. The molecule has 1 amide bonds. The summed E-state index contributed by atoms with van der Waals surface area (Å²) in [5.41, 5.74) is 2.11. The van der Waals surface area contributed by atoms with Gasteiger partial charge in [-0.1, -0.05) is 36.4 Å². The Hall–Kier alpha value is -3.30. The fraction of sp³-hybridized carbons (Fsp3) is 0.174. The van der Waals surface area contributed by atoms with E-state index in [-0.39, 0.29) is 5.91 Å². The van der Waals surface area contributed by atoms with Gasteiger partial charge in [0.25, 0.3) is 5.91 Å². The van der Waals surface area contributed by atoms with Crippen LogP contribution in [-0.4, -0.2) is 23.3 Å². The molecule has 1 heterocycles. The third-order valence-corrected chi connectivity index (χ3v) is 5.19. The molecule has 0 atom stereocenters. The number of hydrogen-bond donors (Lipinski definition) is 1. The normalized spacial score (nSPS) is 10.2. The number of nitrogens with zero attached hydrogens (tertiary/aromatic N) is 2. The Kier molecular flexibility index (Phi) is 7.26. The first kappa shape index (κ1) is 20.4. The number of carbonyl (C=O) groups is 1. The van der Waals surface area contributed by atoms with Gasteiger partial charge < -0.3 is 10.1 Å². The summed E-state index contributed by atoms with van der Waals surface area (Å²) < 4.78 is 5.68. The zero-order chi connectivity index (χ0) is 20.5. The smallest absolute Gasteiger partial charge is 0.257 e. The van der Waals surface area contributed by atoms with Crippen LogP contribution in [0.4, 0.5) is 5.69 Å². The van der Waals surface area contributed by atoms with Crippen molar-refractivity contribution in [2.75, 3.05) is 17.7 Å². The molecule has 0 unspecified atom stereocenters. The van der Waals surface area contributed by atoms with E-state index in [0.717, 1.165) is 17.9 Å². The van der Waals surface area contributed by atoms with Gasteiger partial charge in [-0.25, -0.2) is 4.98 Å². The van der Waals surface area contributed by atoms with E-state index >= 15 is 0 Å². The maximum absolute atomic E-state index is 12.6. The fourth-order valence-electron chi connectivity index (χ4n) is 2.66. The van der Waals surface area contributed by atoms with Crippen LogP contribution < -0.4 is 10.1 Å². The number of ether oxygens (including phenoxy) is 1. The maximum atomic E-state index is 12.6. The summed E-state index contributed by atoms with van der Waals surface area (Å²) in [7, 11) is 0. The highest BCUT2D eigenvalue weighted by Gasteiger charge is 2.15. The first-order valence-electron chi connectivity index (χ1n) is 9.26. The first-order valence-corrected chi connectivity index (χ1v) is 10.2. The summed E-state index contributed by atoms with van der Waals surface area (Å²) in [5.74, 6) is 1.34. The number of thioether (sulfide) groups is 1. The van der Waals surface area contributed by atoms with Crippen molar-refractivity contribution in [1.29, 1.82) is 5.26 Å². The molecule has 0 saturated heterocycles. The van der Waals surface area contributed by atoms with Crippen molar-refractivity contribution in [2.24, 2.45) is 0 Å². The lowest BCUT2D eigenvalue weighted by Gasteiger charge is -2.11. The van der Waals surface area contributed by atoms with Gasteiger partial charge in [-0.15, -0.1) is 11.8 Å². The topological polar surface area (TPSA) is 75.0 Å².